The first-order valence-corrected chi connectivity index (χ1v) is 10.8. The van der Waals surface area contributed by atoms with Crippen LogP contribution in [-0.2, 0) is 6.42 Å². The molecule has 0 saturated carbocycles. The van der Waals surface area contributed by atoms with Crippen LogP contribution in [0.2, 0.25) is 5.02 Å². The zero-order chi connectivity index (χ0) is 22.9. The number of halogens is 1. The van der Waals surface area contributed by atoms with Gasteiger partial charge in [-0.1, -0.05) is 49.2 Å². The second kappa shape index (κ2) is 11.3. The van der Waals surface area contributed by atoms with Gasteiger partial charge in [-0.25, -0.2) is 4.79 Å². The summed E-state index contributed by atoms with van der Waals surface area (Å²) in [6.07, 6.45) is 5.52. The van der Waals surface area contributed by atoms with Gasteiger partial charge in [0.25, 0.3) is 5.91 Å². The number of aromatic nitrogens is 1. The highest BCUT2D eigenvalue weighted by Gasteiger charge is 2.13. The second-order valence-corrected chi connectivity index (χ2v) is 7.75. The van der Waals surface area contributed by atoms with Crippen molar-refractivity contribution in [2.24, 2.45) is 0 Å². The summed E-state index contributed by atoms with van der Waals surface area (Å²) in [6, 6.07) is 14.4. The number of carbonyl (C=O) groups is 2. The number of unbranched alkanes of at least 4 members (excludes halogenated alkanes) is 1. The Hall–Kier alpha value is -3.38. The fourth-order valence-corrected chi connectivity index (χ4v) is 3.30. The molecule has 0 fully saturated rings. The predicted molar refractivity (Wildman–Crippen MR) is 125 cm³/mol. The maximum absolute atomic E-state index is 12.7. The lowest BCUT2D eigenvalue weighted by Gasteiger charge is -2.12. The molecule has 3 rings (SSSR count). The van der Waals surface area contributed by atoms with Crippen LogP contribution in [0.5, 0.6) is 5.75 Å². The van der Waals surface area contributed by atoms with Crippen molar-refractivity contribution in [1.29, 1.82) is 0 Å². The van der Waals surface area contributed by atoms with Gasteiger partial charge in [-0.3, -0.25) is 9.78 Å². The smallest absolute Gasteiger partial charge is 0.337 e. The highest BCUT2D eigenvalue weighted by Crippen LogP contribution is 2.23. The Kier molecular flexibility index (Phi) is 8.22. The summed E-state index contributed by atoms with van der Waals surface area (Å²) in [5.74, 6) is -0.709. The van der Waals surface area contributed by atoms with Crippen molar-refractivity contribution in [3.63, 3.8) is 0 Å². The molecular weight excluding hydrogens is 428 g/mol. The van der Waals surface area contributed by atoms with Crippen LogP contribution in [-0.4, -0.2) is 35.1 Å². The van der Waals surface area contributed by atoms with Gasteiger partial charge >= 0.3 is 5.97 Å². The van der Waals surface area contributed by atoms with Crippen molar-refractivity contribution in [2.45, 2.75) is 26.2 Å². The van der Waals surface area contributed by atoms with E-state index in [2.05, 4.69) is 17.2 Å². The van der Waals surface area contributed by atoms with Crippen molar-refractivity contribution < 1.29 is 19.4 Å². The molecule has 2 N–H and O–H groups in total. The molecule has 3 aromatic rings. The van der Waals surface area contributed by atoms with Crippen LogP contribution in [0.3, 0.4) is 0 Å². The number of carboxylic acid groups (broad SMARTS) is 1. The van der Waals surface area contributed by atoms with Crippen LogP contribution < -0.4 is 10.1 Å². The molecule has 0 aliphatic rings. The number of benzene rings is 2. The Bertz CT molecular complexity index is 1080. The number of hydrogen-bond donors (Lipinski definition) is 2. The second-order valence-electron chi connectivity index (χ2n) is 7.31. The first-order valence-electron chi connectivity index (χ1n) is 10.5. The SMILES string of the molecule is CCCCOc1ccc(Cl)cc1C(=O)NCCc1ccc(-c2cncc(C(=O)O)c2)cc1. The molecule has 0 saturated heterocycles. The third-order valence-electron chi connectivity index (χ3n) is 4.91. The number of carbonyl (C=O) groups excluding carboxylic acids is 1. The summed E-state index contributed by atoms with van der Waals surface area (Å²) in [7, 11) is 0. The van der Waals surface area contributed by atoms with E-state index in [-0.39, 0.29) is 11.5 Å². The highest BCUT2D eigenvalue weighted by molar-refractivity contribution is 6.31. The quantitative estimate of drug-likeness (QED) is 0.410. The molecule has 6 nitrogen and oxygen atoms in total. The van der Waals surface area contributed by atoms with E-state index in [4.69, 9.17) is 21.4 Å². The van der Waals surface area contributed by atoms with Crippen LogP contribution in [0.4, 0.5) is 0 Å². The lowest BCUT2D eigenvalue weighted by Crippen LogP contribution is -2.26. The molecule has 0 radical (unpaired) electrons. The molecule has 0 bridgehead atoms. The van der Waals surface area contributed by atoms with Crippen LogP contribution in [0.25, 0.3) is 11.1 Å². The fourth-order valence-electron chi connectivity index (χ4n) is 3.13. The van der Waals surface area contributed by atoms with Gasteiger partial charge in [-0.15, -0.1) is 0 Å². The molecule has 1 heterocycles. The van der Waals surface area contributed by atoms with Gasteiger partial charge in [-0.2, -0.15) is 0 Å². The van der Waals surface area contributed by atoms with Crippen LogP contribution in [0, 0.1) is 0 Å². The molecule has 0 spiro atoms. The Morgan fingerprint density at radius 3 is 2.56 bits per heavy atom. The summed E-state index contributed by atoms with van der Waals surface area (Å²) in [4.78, 5) is 27.8. The maximum Gasteiger partial charge on any atom is 0.337 e. The molecule has 0 atom stereocenters. The summed E-state index contributed by atoms with van der Waals surface area (Å²) in [5, 5.41) is 12.5. The topological polar surface area (TPSA) is 88.5 Å². The molecule has 0 aliphatic carbocycles. The van der Waals surface area contributed by atoms with E-state index in [1.807, 2.05) is 24.3 Å². The van der Waals surface area contributed by atoms with Gasteiger partial charge in [0.1, 0.15) is 5.75 Å². The van der Waals surface area contributed by atoms with E-state index in [0.717, 1.165) is 29.5 Å². The van der Waals surface area contributed by atoms with Gasteiger partial charge in [0.2, 0.25) is 0 Å². The Morgan fingerprint density at radius 2 is 1.84 bits per heavy atom. The van der Waals surface area contributed by atoms with Gasteiger partial charge in [0.05, 0.1) is 17.7 Å². The highest BCUT2D eigenvalue weighted by atomic mass is 35.5. The summed E-state index contributed by atoms with van der Waals surface area (Å²) in [6.45, 7) is 3.08. The van der Waals surface area contributed by atoms with Gasteiger partial charge in [-0.05, 0) is 48.2 Å². The zero-order valence-corrected chi connectivity index (χ0v) is 18.6. The normalized spacial score (nSPS) is 10.6. The number of rotatable bonds is 10. The lowest BCUT2D eigenvalue weighted by molar-refractivity contribution is 0.0696. The standard InChI is InChI=1S/C25H25ClN2O4/c1-2-3-12-32-23-9-8-21(26)14-22(23)24(29)28-11-10-17-4-6-18(7-5-17)19-13-20(25(30)31)16-27-15-19/h4-9,13-16H,2-3,10-12H2,1H3,(H,28,29)(H,30,31). The first-order chi connectivity index (χ1) is 15.5. The molecule has 0 aliphatic heterocycles. The largest absolute Gasteiger partial charge is 0.493 e. The zero-order valence-electron chi connectivity index (χ0n) is 17.8. The van der Waals surface area contributed by atoms with Crippen molar-refractivity contribution >= 4 is 23.5 Å². The molecule has 32 heavy (non-hydrogen) atoms. The molecule has 1 amide bonds. The monoisotopic (exact) mass is 452 g/mol. The van der Waals surface area contributed by atoms with E-state index in [9.17, 15) is 9.59 Å². The predicted octanol–water partition coefficient (Wildman–Crippen LogP) is 5.25. The fraction of sp³-hybridized carbons (Fsp3) is 0.240. The van der Waals surface area contributed by atoms with E-state index in [1.54, 1.807) is 30.5 Å². The minimum Gasteiger partial charge on any atom is -0.493 e. The summed E-state index contributed by atoms with van der Waals surface area (Å²) >= 11 is 6.07. The van der Waals surface area contributed by atoms with E-state index >= 15 is 0 Å². The van der Waals surface area contributed by atoms with E-state index in [1.165, 1.54) is 6.20 Å². The minimum atomic E-state index is -1.01. The van der Waals surface area contributed by atoms with Crippen molar-refractivity contribution in [1.82, 2.24) is 10.3 Å². The first kappa shape index (κ1) is 23.3. The number of amides is 1. The average molecular weight is 453 g/mol. The van der Waals surface area contributed by atoms with Crippen LogP contribution in [0.15, 0.2) is 60.9 Å². The van der Waals surface area contributed by atoms with Crippen molar-refractivity contribution in [2.75, 3.05) is 13.2 Å². The number of ether oxygens (including phenoxy) is 1. The van der Waals surface area contributed by atoms with Crippen molar-refractivity contribution in [3.8, 4) is 16.9 Å². The molecule has 2 aromatic carbocycles. The van der Waals surface area contributed by atoms with Crippen LogP contribution in [0.1, 0.15) is 46.0 Å². The number of hydrogen-bond acceptors (Lipinski definition) is 4. The number of nitrogens with zero attached hydrogens (tertiary/aromatic N) is 1. The molecular formula is C25H25ClN2O4. The molecule has 166 valence electrons. The lowest BCUT2D eigenvalue weighted by atomic mass is 10.0. The Balaban J connectivity index is 1.59. The molecule has 7 heteroatoms. The Labute approximate surface area is 192 Å². The van der Waals surface area contributed by atoms with Gasteiger partial charge in [0, 0.05) is 29.5 Å². The average Bonchev–Trinajstić information content (AvgIpc) is 2.80. The summed E-state index contributed by atoms with van der Waals surface area (Å²) in [5.41, 5.74) is 3.23. The van der Waals surface area contributed by atoms with E-state index in [0.29, 0.717) is 35.9 Å². The number of pyridine rings is 1. The van der Waals surface area contributed by atoms with E-state index < -0.39 is 5.97 Å². The van der Waals surface area contributed by atoms with Gasteiger partial charge in [0.15, 0.2) is 0 Å². The molecule has 0 unspecified atom stereocenters. The summed E-state index contributed by atoms with van der Waals surface area (Å²) < 4.78 is 5.74. The Morgan fingerprint density at radius 1 is 1.06 bits per heavy atom. The number of carboxylic acids is 1. The van der Waals surface area contributed by atoms with Crippen LogP contribution >= 0.6 is 11.6 Å². The van der Waals surface area contributed by atoms with Gasteiger partial charge < -0.3 is 15.2 Å². The minimum absolute atomic E-state index is 0.147. The third kappa shape index (κ3) is 6.31. The third-order valence-corrected chi connectivity index (χ3v) is 5.15. The number of aromatic carboxylic acids is 1. The van der Waals surface area contributed by atoms with Crippen molar-refractivity contribution in [3.05, 3.63) is 82.6 Å². The maximum atomic E-state index is 12.7. The molecule has 1 aromatic heterocycles. The number of nitrogens with one attached hydrogen (secondary N) is 1.